The Labute approximate surface area is 205 Å². The number of carbonyl (C=O) groups is 2. The van der Waals surface area contributed by atoms with Gasteiger partial charge in [-0.3, -0.25) is 19.4 Å². The van der Waals surface area contributed by atoms with Crippen molar-refractivity contribution in [3.05, 3.63) is 54.2 Å². The molecule has 2 saturated heterocycles. The van der Waals surface area contributed by atoms with E-state index in [9.17, 15) is 14.0 Å². The molecule has 0 spiro atoms. The summed E-state index contributed by atoms with van der Waals surface area (Å²) in [5.41, 5.74) is 0.597. The van der Waals surface area contributed by atoms with Gasteiger partial charge in [-0.2, -0.15) is 0 Å². The van der Waals surface area contributed by atoms with Crippen molar-refractivity contribution >= 4 is 17.5 Å². The molecule has 2 aliphatic rings. The number of nitrogens with one attached hydrogen (secondary N) is 2. The molecule has 3 heterocycles. The maximum absolute atomic E-state index is 14.2. The summed E-state index contributed by atoms with van der Waals surface area (Å²) in [6, 6.07) is 10.2. The number of anilines is 1. The number of para-hydroxylation sites is 1. The Morgan fingerprint density at radius 3 is 2.40 bits per heavy atom. The van der Waals surface area contributed by atoms with Gasteiger partial charge in [0.05, 0.1) is 31.2 Å². The number of furan rings is 1. The van der Waals surface area contributed by atoms with Crippen LogP contribution in [0.5, 0.6) is 0 Å². The molecule has 2 aliphatic heterocycles. The number of rotatable bonds is 9. The second-order valence-corrected chi connectivity index (χ2v) is 8.78. The van der Waals surface area contributed by atoms with Gasteiger partial charge < -0.3 is 24.7 Å². The van der Waals surface area contributed by atoms with Crippen molar-refractivity contribution in [1.82, 2.24) is 20.4 Å². The first-order valence-electron chi connectivity index (χ1n) is 12.2. The molecule has 2 fully saturated rings. The van der Waals surface area contributed by atoms with Gasteiger partial charge in [-0.25, -0.2) is 4.39 Å². The second-order valence-electron chi connectivity index (χ2n) is 8.78. The molecule has 10 heteroatoms. The minimum absolute atomic E-state index is 0.217. The minimum atomic E-state index is -0.655. The molecular formula is C25H34FN5O4. The first-order valence-corrected chi connectivity index (χ1v) is 12.2. The van der Waals surface area contributed by atoms with E-state index in [1.165, 1.54) is 6.07 Å². The van der Waals surface area contributed by atoms with E-state index in [1.54, 1.807) is 24.5 Å². The summed E-state index contributed by atoms with van der Waals surface area (Å²) in [5.74, 6) is -0.796. The fourth-order valence-corrected chi connectivity index (χ4v) is 4.55. The first-order chi connectivity index (χ1) is 17.1. The highest BCUT2D eigenvalue weighted by Gasteiger charge is 2.28. The molecule has 2 N–H and O–H groups in total. The number of piperazine rings is 1. The molecular weight excluding hydrogens is 453 g/mol. The number of carbonyl (C=O) groups excluding carboxylic acids is 2. The molecule has 2 aromatic rings. The van der Waals surface area contributed by atoms with Crippen molar-refractivity contribution in [1.29, 1.82) is 0 Å². The molecule has 190 valence electrons. The van der Waals surface area contributed by atoms with Crippen molar-refractivity contribution in [2.24, 2.45) is 0 Å². The Morgan fingerprint density at radius 1 is 0.943 bits per heavy atom. The van der Waals surface area contributed by atoms with Crippen LogP contribution in [0, 0.1) is 5.82 Å². The smallest absolute Gasteiger partial charge is 0.309 e. The standard InChI is InChI=1S/C25H34FN5O4/c26-20-5-1-2-6-21(20)30-10-12-31(13-11-30)22(23-7-3-16-35-23)19-28-25(33)24(32)27-8-4-9-29-14-17-34-18-15-29/h1-3,5-7,16,22H,4,8-15,17-19H2,(H,27,32)(H,28,33)/t22-/m0/s1. The largest absolute Gasteiger partial charge is 0.468 e. The van der Waals surface area contributed by atoms with E-state index in [1.807, 2.05) is 17.0 Å². The van der Waals surface area contributed by atoms with Gasteiger partial charge in [0, 0.05) is 52.4 Å². The van der Waals surface area contributed by atoms with E-state index in [2.05, 4.69) is 20.4 Å². The van der Waals surface area contributed by atoms with Crippen LogP contribution in [-0.4, -0.2) is 93.7 Å². The number of hydrogen-bond acceptors (Lipinski definition) is 7. The van der Waals surface area contributed by atoms with Crippen molar-refractivity contribution in [3.63, 3.8) is 0 Å². The average Bonchev–Trinajstić information content (AvgIpc) is 3.42. The van der Waals surface area contributed by atoms with Gasteiger partial charge in [-0.15, -0.1) is 0 Å². The van der Waals surface area contributed by atoms with Crippen LogP contribution in [0.25, 0.3) is 0 Å². The lowest BCUT2D eigenvalue weighted by atomic mass is 10.1. The summed E-state index contributed by atoms with van der Waals surface area (Å²) in [4.78, 5) is 31.2. The van der Waals surface area contributed by atoms with Crippen LogP contribution in [-0.2, 0) is 14.3 Å². The fraction of sp³-hybridized carbons (Fsp3) is 0.520. The summed E-state index contributed by atoms with van der Waals surface area (Å²) in [5, 5.41) is 5.46. The van der Waals surface area contributed by atoms with Gasteiger partial charge >= 0.3 is 11.8 Å². The van der Waals surface area contributed by atoms with Crippen molar-refractivity contribution in [2.75, 3.05) is 77.0 Å². The first kappa shape index (κ1) is 25.2. The summed E-state index contributed by atoms with van der Waals surface area (Å²) in [7, 11) is 0. The zero-order valence-electron chi connectivity index (χ0n) is 20.0. The lowest BCUT2D eigenvalue weighted by molar-refractivity contribution is -0.139. The average molecular weight is 488 g/mol. The molecule has 2 amide bonds. The Bertz CT molecular complexity index is 943. The van der Waals surface area contributed by atoms with Crippen LogP contribution in [0.4, 0.5) is 10.1 Å². The number of benzene rings is 1. The Kier molecular flexibility index (Phi) is 9.10. The minimum Gasteiger partial charge on any atom is -0.468 e. The van der Waals surface area contributed by atoms with E-state index < -0.39 is 11.8 Å². The summed E-state index contributed by atoms with van der Waals surface area (Å²) in [6.45, 7) is 7.47. The van der Waals surface area contributed by atoms with Crippen LogP contribution in [0.3, 0.4) is 0 Å². The van der Waals surface area contributed by atoms with E-state index in [4.69, 9.17) is 9.15 Å². The SMILES string of the molecule is O=C(NCCCN1CCOCC1)C(=O)NC[C@@H](c1ccco1)N1CCN(c2ccccc2F)CC1. The maximum Gasteiger partial charge on any atom is 0.309 e. The third-order valence-corrected chi connectivity index (χ3v) is 6.52. The van der Waals surface area contributed by atoms with Crippen LogP contribution >= 0.6 is 0 Å². The molecule has 0 bridgehead atoms. The van der Waals surface area contributed by atoms with E-state index in [-0.39, 0.29) is 18.4 Å². The van der Waals surface area contributed by atoms with Gasteiger partial charge in [-0.1, -0.05) is 12.1 Å². The Morgan fingerprint density at radius 2 is 1.69 bits per heavy atom. The zero-order valence-corrected chi connectivity index (χ0v) is 20.0. The Hall–Kier alpha value is -2.95. The molecule has 1 atom stereocenters. The van der Waals surface area contributed by atoms with Crippen LogP contribution < -0.4 is 15.5 Å². The van der Waals surface area contributed by atoms with Gasteiger partial charge in [0.1, 0.15) is 11.6 Å². The zero-order chi connectivity index (χ0) is 24.5. The molecule has 1 aromatic carbocycles. The lowest BCUT2D eigenvalue weighted by Crippen LogP contribution is -2.51. The van der Waals surface area contributed by atoms with Crippen LogP contribution in [0.2, 0.25) is 0 Å². The highest BCUT2D eigenvalue weighted by Crippen LogP contribution is 2.25. The topological polar surface area (TPSA) is 90.3 Å². The third kappa shape index (κ3) is 7.03. The van der Waals surface area contributed by atoms with Crippen molar-refractivity contribution in [2.45, 2.75) is 12.5 Å². The predicted octanol–water partition coefficient (Wildman–Crippen LogP) is 1.24. The van der Waals surface area contributed by atoms with E-state index in [0.717, 1.165) is 45.0 Å². The molecule has 0 saturated carbocycles. The van der Waals surface area contributed by atoms with E-state index >= 15 is 0 Å². The fourth-order valence-electron chi connectivity index (χ4n) is 4.55. The molecule has 9 nitrogen and oxygen atoms in total. The number of nitrogens with zero attached hydrogens (tertiary/aromatic N) is 3. The van der Waals surface area contributed by atoms with Crippen LogP contribution in [0.15, 0.2) is 47.1 Å². The predicted molar refractivity (Wildman–Crippen MR) is 130 cm³/mol. The molecule has 1 aromatic heterocycles. The lowest BCUT2D eigenvalue weighted by Gasteiger charge is -2.39. The van der Waals surface area contributed by atoms with E-state index in [0.29, 0.717) is 38.4 Å². The Balaban J connectivity index is 1.24. The normalized spacial score (nSPS) is 18.3. The molecule has 0 unspecified atom stereocenters. The highest BCUT2D eigenvalue weighted by atomic mass is 19.1. The molecule has 0 radical (unpaired) electrons. The monoisotopic (exact) mass is 487 g/mol. The summed E-state index contributed by atoms with van der Waals surface area (Å²) < 4.78 is 25.1. The quantitative estimate of drug-likeness (QED) is 0.406. The van der Waals surface area contributed by atoms with Gasteiger partial charge in [-0.05, 0) is 37.2 Å². The molecule has 4 rings (SSSR count). The second kappa shape index (κ2) is 12.7. The molecule has 35 heavy (non-hydrogen) atoms. The van der Waals surface area contributed by atoms with Gasteiger partial charge in [0.15, 0.2) is 0 Å². The third-order valence-electron chi connectivity index (χ3n) is 6.52. The maximum atomic E-state index is 14.2. The number of hydrogen-bond donors (Lipinski definition) is 2. The number of halogens is 1. The molecule has 0 aliphatic carbocycles. The number of amides is 2. The summed E-state index contributed by atoms with van der Waals surface area (Å²) in [6.07, 6.45) is 2.38. The van der Waals surface area contributed by atoms with Crippen molar-refractivity contribution < 1.29 is 23.1 Å². The number of ether oxygens (including phenoxy) is 1. The van der Waals surface area contributed by atoms with Gasteiger partial charge in [0.2, 0.25) is 0 Å². The highest BCUT2D eigenvalue weighted by molar-refractivity contribution is 6.35. The summed E-state index contributed by atoms with van der Waals surface area (Å²) >= 11 is 0. The van der Waals surface area contributed by atoms with Crippen LogP contribution in [0.1, 0.15) is 18.2 Å². The number of morpholine rings is 1. The van der Waals surface area contributed by atoms with Crippen molar-refractivity contribution in [3.8, 4) is 0 Å². The van der Waals surface area contributed by atoms with Gasteiger partial charge in [0.25, 0.3) is 0 Å².